The van der Waals surface area contributed by atoms with Crippen LogP contribution in [0.15, 0.2) is 36.5 Å². The second-order valence-electron chi connectivity index (χ2n) is 5.32. The molecular weight excluding hydrogens is 272 g/mol. The van der Waals surface area contributed by atoms with Gasteiger partial charge < -0.3 is 0 Å². The van der Waals surface area contributed by atoms with Crippen LogP contribution in [0.5, 0.6) is 0 Å². The van der Waals surface area contributed by atoms with Gasteiger partial charge in [0.1, 0.15) is 0 Å². The van der Waals surface area contributed by atoms with Crippen LogP contribution < -0.4 is 11.3 Å². The van der Waals surface area contributed by atoms with Crippen molar-refractivity contribution < 1.29 is 0 Å². The fourth-order valence-corrected chi connectivity index (χ4v) is 3.31. The van der Waals surface area contributed by atoms with Crippen LogP contribution in [0.3, 0.4) is 0 Å². The molecule has 1 saturated carbocycles. The number of nitrogens with two attached hydrogens (primary N) is 1. The highest BCUT2D eigenvalue weighted by molar-refractivity contribution is 6.31. The molecule has 1 aromatic carbocycles. The number of rotatable bonds is 5. The van der Waals surface area contributed by atoms with E-state index in [4.69, 9.17) is 17.4 Å². The van der Waals surface area contributed by atoms with Crippen molar-refractivity contribution in [2.24, 2.45) is 5.84 Å². The minimum absolute atomic E-state index is 0.0140. The molecule has 5 heteroatoms. The van der Waals surface area contributed by atoms with E-state index in [1.165, 1.54) is 5.56 Å². The summed E-state index contributed by atoms with van der Waals surface area (Å²) in [6.45, 7) is 2.84. The number of nitrogens with zero attached hydrogens (tertiary/aromatic N) is 2. The van der Waals surface area contributed by atoms with Crippen LogP contribution in [0.2, 0.25) is 5.02 Å². The lowest BCUT2D eigenvalue weighted by molar-refractivity contribution is 0.406. The Morgan fingerprint density at radius 2 is 2.10 bits per heavy atom. The van der Waals surface area contributed by atoms with E-state index < -0.39 is 0 Å². The van der Waals surface area contributed by atoms with Gasteiger partial charge in [-0.25, -0.2) is 0 Å². The van der Waals surface area contributed by atoms with Crippen LogP contribution in [-0.2, 0) is 12.0 Å². The highest BCUT2D eigenvalue weighted by atomic mass is 35.5. The molecule has 0 bridgehead atoms. The van der Waals surface area contributed by atoms with Gasteiger partial charge in [-0.15, -0.1) is 0 Å². The van der Waals surface area contributed by atoms with Gasteiger partial charge in [-0.2, -0.15) is 5.10 Å². The van der Waals surface area contributed by atoms with Gasteiger partial charge in [-0.1, -0.05) is 41.9 Å². The second kappa shape index (κ2) is 5.20. The van der Waals surface area contributed by atoms with Crippen LogP contribution in [-0.4, -0.2) is 9.78 Å². The third-order valence-electron chi connectivity index (χ3n) is 4.26. The summed E-state index contributed by atoms with van der Waals surface area (Å²) in [5, 5.41) is 5.00. The van der Waals surface area contributed by atoms with Crippen molar-refractivity contribution in [3.8, 4) is 0 Å². The Hall–Kier alpha value is -1.36. The molecule has 106 valence electrons. The third kappa shape index (κ3) is 2.04. The highest BCUT2D eigenvalue weighted by Gasteiger charge is 2.52. The Kier molecular flexibility index (Phi) is 3.54. The van der Waals surface area contributed by atoms with Crippen LogP contribution in [0.4, 0.5) is 0 Å². The first-order chi connectivity index (χ1) is 9.73. The van der Waals surface area contributed by atoms with E-state index in [-0.39, 0.29) is 11.5 Å². The normalized spacial score (nSPS) is 17.9. The van der Waals surface area contributed by atoms with Gasteiger partial charge >= 0.3 is 0 Å². The van der Waals surface area contributed by atoms with Crippen LogP contribution in [0.25, 0.3) is 0 Å². The molecule has 1 atom stereocenters. The van der Waals surface area contributed by atoms with E-state index in [0.717, 1.165) is 25.1 Å². The first kappa shape index (κ1) is 13.6. The molecule has 0 radical (unpaired) electrons. The Labute approximate surface area is 123 Å². The zero-order valence-electron chi connectivity index (χ0n) is 11.5. The van der Waals surface area contributed by atoms with E-state index in [1.54, 1.807) is 6.20 Å². The van der Waals surface area contributed by atoms with E-state index in [0.29, 0.717) is 5.02 Å². The van der Waals surface area contributed by atoms with Gasteiger partial charge in [-0.3, -0.25) is 16.0 Å². The predicted octanol–water partition coefficient (Wildman–Crippen LogP) is 2.79. The third-order valence-corrected chi connectivity index (χ3v) is 4.55. The minimum Gasteiger partial charge on any atom is -0.271 e. The molecule has 3 N–H and O–H groups in total. The molecule has 3 rings (SSSR count). The van der Waals surface area contributed by atoms with Crippen molar-refractivity contribution in [1.82, 2.24) is 15.2 Å². The maximum atomic E-state index is 6.34. The van der Waals surface area contributed by atoms with Gasteiger partial charge in [0.2, 0.25) is 0 Å². The van der Waals surface area contributed by atoms with Gasteiger partial charge in [0.25, 0.3) is 0 Å². The minimum atomic E-state index is -0.0140. The topological polar surface area (TPSA) is 55.9 Å². The van der Waals surface area contributed by atoms with Crippen molar-refractivity contribution in [3.63, 3.8) is 0 Å². The summed E-state index contributed by atoms with van der Waals surface area (Å²) in [6.07, 6.45) is 3.92. The average Bonchev–Trinajstić information content (AvgIpc) is 3.21. The van der Waals surface area contributed by atoms with Gasteiger partial charge in [-0.05, 0) is 25.3 Å². The monoisotopic (exact) mass is 290 g/mol. The van der Waals surface area contributed by atoms with Gasteiger partial charge in [0, 0.05) is 12.0 Å². The Morgan fingerprint density at radius 1 is 1.40 bits per heavy atom. The number of hydrazine groups is 1. The van der Waals surface area contributed by atoms with Crippen molar-refractivity contribution >= 4 is 11.6 Å². The van der Waals surface area contributed by atoms with Crippen molar-refractivity contribution in [3.05, 3.63) is 52.8 Å². The molecule has 1 fully saturated rings. The molecule has 0 aliphatic heterocycles. The smallest absolute Gasteiger partial charge is 0.0835 e. The number of benzene rings is 1. The van der Waals surface area contributed by atoms with Gasteiger partial charge in [0.15, 0.2) is 0 Å². The summed E-state index contributed by atoms with van der Waals surface area (Å²) in [4.78, 5) is 0. The average molecular weight is 291 g/mol. The molecule has 0 saturated heterocycles. The zero-order chi connectivity index (χ0) is 14.2. The fourth-order valence-electron chi connectivity index (χ4n) is 3.06. The van der Waals surface area contributed by atoms with Crippen LogP contribution in [0.1, 0.15) is 37.1 Å². The molecular formula is C15H19ClN4. The van der Waals surface area contributed by atoms with Crippen molar-refractivity contribution in [1.29, 1.82) is 0 Å². The summed E-state index contributed by atoms with van der Waals surface area (Å²) in [7, 11) is 0. The maximum Gasteiger partial charge on any atom is 0.0835 e. The van der Waals surface area contributed by atoms with E-state index in [9.17, 15) is 0 Å². The summed E-state index contributed by atoms with van der Waals surface area (Å²) in [5.74, 6) is 5.87. The lowest BCUT2D eigenvalue weighted by Gasteiger charge is -2.28. The molecule has 1 unspecified atom stereocenters. The van der Waals surface area contributed by atoms with Crippen LogP contribution in [0, 0.1) is 0 Å². The molecule has 20 heavy (non-hydrogen) atoms. The number of hydrogen-bond donors (Lipinski definition) is 2. The van der Waals surface area contributed by atoms with E-state index >= 15 is 0 Å². The van der Waals surface area contributed by atoms with Gasteiger partial charge in [0.05, 0.1) is 23.0 Å². The second-order valence-corrected chi connectivity index (χ2v) is 5.72. The lowest BCUT2D eigenvalue weighted by atomic mass is 9.86. The summed E-state index contributed by atoms with van der Waals surface area (Å²) in [5.41, 5.74) is 5.30. The molecule has 1 aromatic heterocycles. The molecule has 2 aromatic rings. The largest absolute Gasteiger partial charge is 0.271 e. The molecule has 1 aliphatic carbocycles. The quantitative estimate of drug-likeness (QED) is 0.658. The Balaban J connectivity index is 2.04. The zero-order valence-corrected chi connectivity index (χ0v) is 12.3. The number of aryl methyl sites for hydroxylation is 1. The van der Waals surface area contributed by atoms with E-state index in [1.807, 2.05) is 10.7 Å². The SMILES string of the molecule is CCn1ncc(Cl)c1C(NN)C1(c2ccccc2)CC1. The molecule has 0 amide bonds. The summed E-state index contributed by atoms with van der Waals surface area (Å²) >= 11 is 6.34. The highest BCUT2D eigenvalue weighted by Crippen LogP contribution is 2.56. The first-order valence-electron chi connectivity index (χ1n) is 6.96. The number of hydrogen-bond acceptors (Lipinski definition) is 3. The first-order valence-corrected chi connectivity index (χ1v) is 7.33. The molecule has 1 aliphatic rings. The van der Waals surface area contributed by atoms with E-state index in [2.05, 4.69) is 41.7 Å². The van der Waals surface area contributed by atoms with Crippen molar-refractivity contribution in [2.45, 2.75) is 37.8 Å². The Bertz CT molecular complexity index is 589. The molecule has 1 heterocycles. The molecule has 4 nitrogen and oxygen atoms in total. The number of halogens is 1. The predicted molar refractivity (Wildman–Crippen MR) is 80.3 cm³/mol. The maximum absolute atomic E-state index is 6.34. The number of nitrogens with one attached hydrogen (secondary N) is 1. The Morgan fingerprint density at radius 3 is 2.65 bits per heavy atom. The standard InChI is InChI=1S/C15H19ClN4/c1-2-20-13(12(16)10-18-20)14(19-17)15(8-9-15)11-6-4-3-5-7-11/h3-7,10,14,19H,2,8-9,17H2,1H3. The molecule has 0 spiro atoms. The van der Waals surface area contributed by atoms with Crippen LogP contribution >= 0.6 is 11.6 Å². The van der Waals surface area contributed by atoms with Crippen molar-refractivity contribution in [2.75, 3.05) is 0 Å². The summed E-state index contributed by atoms with van der Waals surface area (Å²) in [6, 6.07) is 10.5. The fraction of sp³-hybridized carbons (Fsp3) is 0.400. The summed E-state index contributed by atoms with van der Waals surface area (Å²) < 4.78 is 1.93. The lowest BCUT2D eigenvalue weighted by Crippen LogP contribution is -2.38. The number of aromatic nitrogens is 2.